The number of rotatable bonds is 1. The Hall–Kier alpha value is -1.82. The van der Waals surface area contributed by atoms with Gasteiger partial charge in [-0.05, 0) is 97.8 Å². The summed E-state index contributed by atoms with van der Waals surface area (Å²) in [6.45, 7) is 14.1. The molecule has 9 aliphatic heterocycles. The molecule has 61 heavy (non-hydrogen) atoms. The first-order chi connectivity index (χ1) is 28.7. The average molecular weight is 859 g/mol. The van der Waals surface area contributed by atoms with Crippen molar-refractivity contribution in [2.45, 2.75) is 234 Å². The molecule has 3 N–H and O–H groups in total. The van der Waals surface area contributed by atoms with E-state index in [1.807, 2.05) is 26.0 Å². The zero-order valence-electron chi connectivity index (χ0n) is 37.2. The van der Waals surface area contributed by atoms with Gasteiger partial charge >= 0.3 is 5.97 Å². The summed E-state index contributed by atoms with van der Waals surface area (Å²) in [4.78, 5) is 28.0. The number of hydrogen-bond donors (Lipinski definition) is 3. The molecule has 10 bridgehead atoms. The van der Waals surface area contributed by atoms with Crippen molar-refractivity contribution in [1.29, 1.82) is 0 Å². The lowest BCUT2D eigenvalue weighted by atomic mass is 9.87. The molecule has 0 aliphatic carbocycles. The highest BCUT2D eigenvalue weighted by Crippen LogP contribution is 2.55. The van der Waals surface area contributed by atoms with E-state index >= 15 is 0 Å². The molecule has 19 atom stereocenters. The van der Waals surface area contributed by atoms with Crippen molar-refractivity contribution in [2.24, 2.45) is 17.8 Å². The molecule has 342 valence electrons. The van der Waals surface area contributed by atoms with Gasteiger partial charge in [0.05, 0.1) is 42.0 Å². The molecular formula is C47H70O14. The molecule has 1 unspecified atom stereocenters. The van der Waals surface area contributed by atoms with Crippen LogP contribution >= 0.6 is 0 Å². The van der Waals surface area contributed by atoms with Gasteiger partial charge in [0.25, 0.3) is 0 Å². The number of aliphatic hydroxyl groups excluding tert-OH is 2. The smallest absolute Gasteiger partial charge is 0.311 e. The van der Waals surface area contributed by atoms with Crippen molar-refractivity contribution >= 4 is 11.8 Å². The van der Waals surface area contributed by atoms with Crippen molar-refractivity contribution in [2.75, 3.05) is 6.61 Å². The van der Waals surface area contributed by atoms with E-state index in [4.69, 9.17) is 42.6 Å². The Labute approximate surface area is 360 Å². The van der Waals surface area contributed by atoms with Crippen LogP contribution in [-0.2, 0) is 52.2 Å². The Morgan fingerprint density at radius 2 is 1.54 bits per heavy atom. The summed E-state index contributed by atoms with van der Waals surface area (Å²) in [6.07, 6.45) is 6.36. The van der Waals surface area contributed by atoms with Crippen LogP contribution in [0.5, 0.6) is 0 Å². The maximum Gasteiger partial charge on any atom is 0.311 e. The van der Waals surface area contributed by atoms with Crippen molar-refractivity contribution in [3.63, 3.8) is 0 Å². The normalized spacial score (nSPS) is 55.7. The van der Waals surface area contributed by atoms with Gasteiger partial charge in [0.2, 0.25) is 5.79 Å². The van der Waals surface area contributed by atoms with E-state index in [0.717, 1.165) is 37.7 Å². The van der Waals surface area contributed by atoms with Crippen LogP contribution < -0.4 is 0 Å². The molecule has 9 heterocycles. The summed E-state index contributed by atoms with van der Waals surface area (Å²) in [5.74, 6) is -5.28. The standard InChI is InChI=1S/C47H70O14/c1-26-10-11-32-34(22-37(54-32)47(52)39(49)28(3)14-20-53-47)55-41(51)29(4)31-9-8-15-45(56-31)17-12-33(57-45)40(50)44(7)24-30(48)38(60-44)35-25-43(6)18-19-46(58-35,61-43)36-13-16-42(5,59-36)23-27(2)21-26/h10-11,21,27-29,31-40,49-50,52H,8-9,12-20,22-25H2,1-7H3/b11-10-,26-21-/t27-,28+,29+,31-,32+,33-,34+,35+,36+,37?,38-,39-,40+,42+,43-,44+,45-,46-,47+/m0/s1. The molecule has 0 aromatic carbocycles. The average Bonchev–Trinajstić information content (AvgIpc) is 4.02. The first kappa shape index (κ1) is 44.4. The fourth-order valence-corrected chi connectivity index (χ4v) is 12.5. The predicted octanol–water partition coefficient (Wildman–Crippen LogP) is 5.25. The number of fused-ring (bicyclic) bond motifs is 10. The number of esters is 1. The minimum Gasteiger partial charge on any atom is -0.459 e. The van der Waals surface area contributed by atoms with E-state index < -0.39 is 101 Å². The van der Waals surface area contributed by atoms with Gasteiger partial charge in [-0.25, -0.2) is 0 Å². The summed E-state index contributed by atoms with van der Waals surface area (Å²) in [7, 11) is 0. The highest BCUT2D eigenvalue weighted by molar-refractivity contribution is 5.86. The highest BCUT2D eigenvalue weighted by Gasteiger charge is 2.65. The molecule has 0 amide bonds. The molecule has 14 nitrogen and oxygen atoms in total. The van der Waals surface area contributed by atoms with E-state index in [1.54, 1.807) is 13.8 Å². The maximum atomic E-state index is 14.1. The van der Waals surface area contributed by atoms with E-state index in [-0.39, 0.29) is 43.2 Å². The van der Waals surface area contributed by atoms with Crippen molar-refractivity contribution in [1.82, 2.24) is 0 Å². The van der Waals surface area contributed by atoms with Gasteiger partial charge in [-0.1, -0.05) is 37.6 Å². The van der Waals surface area contributed by atoms with Crippen LogP contribution in [0, 0.1) is 17.8 Å². The topological polar surface area (TPSA) is 178 Å². The fraction of sp³-hybridized carbons (Fsp3) is 0.872. The Kier molecular flexibility index (Phi) is 11.6. The third-order valence-electron chi connectivity index (χ3n) is 15.9. The third kappa shape index (κ3) is 8.14. The number of hydrogen-bond acceptors (Lipinski definition) is 14. The first-order valence-corrected chi connectivity index (χ1v) is 23.3. The van der Waals surface area contributed by atoms with Crippen molar-refractivity contribution < 1.29 is 67.5 Å². The second-order valence-electron chi connectivity index (χ2n) is 21.3. The number of carbonyl (C=O) groups is 2. The lowest BCUT2D eigenvalue weighted by molar-refractivity contribution is -0.359. The number of ether oxygens (including phenoxy) is 9. The van der Waals surface area contributed by atoms with Crippen molar-refractivity contribution in [3.8, 4) is 0 Å². The summed E-state index contributed by atoms with van der Waals surface area (Å²) in [5.41, 5.74) is -1.17. The van der Waals surface area contributed by atoms with Crippen molar-refractivity contribution in [3.05, 3.63) is 23.8 Å². The molecule has 0 aromatic rings. The van der Waals surface area contributed by atoms with E-state index in [0.29, 0.717) is 44.9 Å². The van der Waals surface area contributed by atoms with Gasteiger partial charge < -0.3 is 58.0 Å². The second-order valence-corrected chi connectivity index (χ2v) is 21.3. The molecule has 9 rings (SSSR count). The molecular weight excluding hydrogens is 789 g/mol. The number of aliphatic hydroxyl groups is 3. The molecule has 0 radical (unpaired) electrons. The van der Waals surface area contributed by atoms with Gasteiger partial charge in [0, 0.05) is 38.5 Å². The van der Waals surface area contributed by atoms with Gasteiger partial charge in [-0.2, -0.15) is 0 Å². The second kappa shape index (κ2) is 16.0. The first-order valence-electron chi connectivity index (χ1n) is 23.3. The van der Waals surface area contributed by atoms with Crippen LogP contribution in [-0.4, -0.2) is 129 Å². The molecule has 2 spiro atoms. The minimum absolute atomic E-state index is 0.0222. The monoisotopic (exact) mass is 858 g/mol. The third-order valence-corrected chi connectivity index (χ3v) is 15.9. The van der Waals surface area contributed by atoms with E-state index in [1.165, 1.54) is 0 Å². The minimum atomic E-state index is -1.95. The van der Waals surface area contributed by atoms with Crippen LogP contribution in [0.25, 0.3) is 0 Å². The Bertz CT molecular complexity index is 1750. The fourth-order valence-electron chi connectivity index (χ4n) is 12.5. The summed E-state index contributed by atoms with van der Waals surface area (Å²) in [6, 6.07) is 0. The molecule has 14 heteroatoms. The molecule has 8 saturated heterocycles. The predicted molar refractivity (Wildman–Crippen MR) is 218 cm³/mol. The zero-order valence-corrected chi connectivity index (χ0v) is 37.2. The van der Waals surface area contributed by atoms with Gasteiger partial charge in [0.15, 0.2) is 17.4 Å². The summed E-state index contributed by atoms with van der Waals surface area (Å²) in [5, 5.41) is 34.8. The number of carbonyl (C=O) groups excluding carboxylic acids is 2. The number of allylic oxidation sites excluding steroid dienone is 3. The lowest BCUT2D eigenvalue weighted by Gasteiger charge is -2.47. The molecule has 8 fully saturated rings. The SMILES string of the molecule is CC1=C/[C@H](C)C[C@@]2(C)CC[C@@H](O2)[C@@]23CC[C@@](C)(C[C@@H](O2)[C@H]2O[C@](C)(CC2=O)[C@H](O)[C@@H]2CC[C@]4(CCC[C@H](O4)[C@@H](C)C(=O)O[C@@H]4CC([C@@]5(O)OCC[C@@H](C)[C@@H]5O)O[C@@H]4/C=C\1)O2)O3. The molecule has 0 aromatic heterocycles. The zero-order chi connectivity index (χ0) is 43.3. The van der Waals surface area contributed by atoms with Crippen LogP contribution in [0.2, 0.25) is 0 Å². The van der Waals surface area contributed by atoms with E-state index in [9.17, 15) is 24.9 Å². The van der Waals surface area contributed by atoms with Crippen LogP contribution in [0.4, 0.5) is 0 Å². The molecule has 0 saturated carbocycles. The summed E-state index contributed by atoms with van der Waals surface area (Å²) >= 11 is 0. The van der Waals surface area contributed by atoms with E-state index in [2.05, 4.69) is 26.8 Å². The van der Waals surface area contributed by atoms with Gasteiger partial charge in [0.1, 0.15) is 48.3 Å². The number of ketones is 1. The Morgan fingerprint density at radius 1 is 0.754 bits per heavy atom. The maximum absolute atomic E-state index is 14.1. The Morgan fingerprint density at radius 3 is 2.34 bits per heavy atom. The lowest BCUT2D eigenvalue weighted by Crippen LogP contribution is -2.59. The van der Waals surface area contributed by atoms with Crippen LogP contribution in [0.15, 0.2) is 23.8 Å². The number of Topliss-reactive ketones (excluding diaryl/α,β-unsaturated/α-hetero) is 1. The summed E-state index contributed by atoms with van der Waals surface area (Å²) < 4.78 is 59.0. The van der Waals surface area contributed by atoms with Crippen LogP contribution in [0.1, 0.15) is 138 Å². The largest absolute Gasteiger partial charge is 0.459 e. The van der Waals surface area contributed by atoms with Gasteiger partial charge in [-0.3, -0.25) is 9.59 Å². The van der Waals surface area contributed by atoms with Gasteiger partial charge in [-0.15, -0.1) is 0 Å². The van der Waals surface area contributed by atoms with Crippen LogP contribution in [0.3, 0.4) is 0 Å². The Balaban J connectivity index is 1.00. The molecule has 9 aliphatic rings. The highest BCUT2D eigenvalue weighted by atomic mass is 16.8. The quantitative estimate of drug-likeness (QED) is 0.291.